The summed E-state index contributed by atoms with van der Waals surface area (Å²) in [6.45, 7) is 5.23. The molecule has 3 heterocycles. The standard InChI is InChI=1S/C20H17ClFN3O3/c1-20(2,3)28-19(27)25-10-13-12(4-5-14(21)17(13)18(25)26)15-9-23-16-8-11(22)6-7-24(15)16/h4-9H,10H2,1-3H3. The van der Waals surface area contributed by atoms with E-state index in [0.717, 1.165) is 4.90 Å². The van der Waals surface area contributed by atoms with Crippen LogP contribution < -0.4 is 0 Å². The van der Waals surface area contributed by atoms with Gasteiger partial charge in [-0.1, -0.05) is 17.7 Å². The predicted molar refractivity (Wildman–Crippen MR) is 102 cm³/mol. The first-order valence-electron chi connectivity index (χ1n) is 8.65. The lowest BCUT2D eigenvalue weighted by Crippen LogP contribution is -2.36. The Kier molecular flexibility index (Phi) is 4.15. The van der Waals surface area contributed by atoms with Crippen LogP contribution in [0.1, 0.15) is 36.7 Å². The van der Waals surface area contributed by atoms with Crippen LogP contribution in [0, 0.1) is 5.82 Å². The average molecular weight is 402 g/mol. The van der Waals surface area contributed by atoms with Crippen molar-refractivity contribution in [1.82, 2.24) is 14.3 Å². The first-order chi connectivity index (χ1) is 13.2. The number of benzene rings is 1. The van der Waals surface area contributed by atoms with Gasteiger partial charge < -0.3 is 4.74 Å². The van der Waals surface area contributed by atoms with Crippen LogP contribution in [0.3, 0.4) is 0 Å². The van der Waals surface area contributed by atoms with E-state index in [1.165, 1.54) is 12.1 Å². The maximum atomic E-state index is 13.5. The molecule has 1 aliphatic heterocycles. The minimum atomic E-state index is -0.732. The second kappa shape index (κ2) is 6.31. The normalized spacial score (nSPS) is 13.9. The Labute approximate surface area is 165 Å². The van der Waals surface area contributed by atoms with Gasteiger partial charge in [-0.15, -0.1) is 0 Å². The van der Waals surface area contributed by atoms with Crippen molar-refractivity contribution in [1.29, 1.82) is 0 Å². The lowest BCUT2D eigenvalue weighted by molar-refractivity contribution is 0.0248. The first-order valence-corrected chi connectivity index (χ1v) is 9.03. The summed E-state index contributed by atoms with van der Waals surface area (Å²) in [6.07, 6.45) is 2.44. The molecule has 0 radical (unpaired) electrons. The van der Waals surface area contributed by atoms with Crippen LogP contribution in [0.15, 0.2) is 36.7 Å². The van der Waals surface area contributed by atoms with E-state index in [4.69, 9.17) is 16.3 Å². The van der Waals surface area contributed by atoms with Crippen LogP contribution in [0.25, 0.3) is 16.9 Å². The highest BCUT2D eigenvalue weighted by Gasteiger charge is 2.38. The molecule has 1 aliphatic rings. The van der Waals surface area contributed by atoms with Crippen LogP contribution in [0.5, 0.6) is 0 Å². The molecule has 0 atom stereocenters. The van der Waals surface area contributed by atoms with E-state index >= 15 is 0 Å². The van der Waals surface area contributed by atoms with Crippen molar-refractivity contribution < 1.29 is 18.7 Å². The van der Waals surface area contributed by atoms with Crippen molar-refractivity contribution in [3.05, 3.63) is 58.6 Å². The van der Waals surface area contributed by atoms with Gasteiger partial charge in [-0.2, -0.15) is 0 Å². The molecule has 6 nitrogen and oxygen atoms in total. The van der Waals surface area contributed by atoms with E-state index in [0.29, 0.717) is 22.5 Å². The molecule has 1 aromatic carbocycles. The maximum absolute atomic E-state index is 13.5. The van der Waals surface area contributed by atoms with E-state index in [2.05, 4.69) is 4.98 Å². The number of amides is 2. The number of hydrogen-bond acceptors (Lipinski definition) is 4. The number of hydrogen-bond donors (Lipinski definition) is 0. The zero-order valence-electron chi connectivity index (χ0n) is 15.5. The van der Waals surface area contributed by atoms with E-state index in [1.807, 2.05) is 0 Å². The quantitative estimate of drug-likeness (QED) is 0.593. The van der Waals surface area contributed by atoms with E-state index in [9.17, 15) is 14.0 Å². The third kappa shape index (κ3) is 3.01. The monoisotopic (exact) mass is 401 g/mol. The fraction of sp³-hybridized carbons (Fsp3) is 0.250. The number of carbonyl (C=O) groups is 2. The molecule has 3 aromatic rings. The van der Waals surface area contributed by atoms with Crippen molar-refractivity contribution >= 4 is 29.2 Å². The molecule has 0 saturated carbocycles. The van der Waals surface area contributed by atoms with Crippen molar-refractivity contribution in [3.8, 4) is 11.3 Å². The molecule has 0 aliphatic carbocycles. The van der Waals surface area contributed by atoms with Gasteiger partial charge in [0.05, 0.1) is 29.0 Å². The van der Waals surface area contributed by atoms with Crippen molar-refractivity contribution in [2.45, 2.75) is 32.9 Å². The summed E-state index contributed by atoms with van der Waals surface area (Å²) in [4.78, 5) is 30.6. The molecule has 0 fully saturated rings. The first kappa shape index (κ1) is 18.4. The van der Waals surface area contributed by atoms with Crippen molar-refractivity contribution in [2.24, 2.45) is 0 Å². The predicted octanol–water partition coefficient (Wildman–Crippen LogP) is 4.68. The smallest absolute Gasteiger partial charge is 0.417 e. The van der Waals surface area contributed by atoms with Crippen molar-refractivity contribution in [2.75, 3.05) is 0 Å². The molecule has 0 spiro atoms. The summed E-state index contributed by atoms with van der Waals surface area (Å²) < 4.78 is 20.5. The molecule has 8 heteroatoms. The summed E-state index contributed by atoms with van der Waals surface area (Å²) in [5.41, 5.74) is 1.94. The van der Waals surface area contributed by atoms with Gasteiger partial charge in [0.25, 0.3) is 5.91 Å². The maximum Gasteiger partial charge on any atom is 0.417 e. The Hall–Kier alpha value is -2.93. The minimum absolute atomic E-state index is 0.0351. The van der Waals surface area contributed by atoms with E-state index in [1.54, 1.807) is 49.7 Å². The van der Waals surface area contributed by atoms with Crippen LogP contribution in [0.4, 0.5) is 9.18 Å². The summed E-state index contributed by atoms with van der Waals surface area (Å²) in [7, 11) is 0. The second-order valence-electron chi connectivity index (χ2n) is 7.54. The lowest BCUT2D eigenvalue weighted by Gasteiger charge is -2.23. The highest BCUT2D eigenvalue weighted by Crippen LogP contribution is 2.37. The van der Waals surface area contributed by atoms with Gasteiger partial charge in [0.15, 0.2) is 0 Å². The van der Waals surface area contributed by atoms with Gasteiger partial charge in [0.1, 0.15) is 17.1 Å². The molecule has 2 amide bonds. The number of aromatic nitrogens is 2. The zero-order valence-corrected chi connectivity index (χ0v) is 16.2. The number of ether oxygens (including phenoxy) is 1. The number of halogens is 2. The Morgan fingerprint density at radius 3 is 2.75 bits per heavy atom. The van der Waals surface area contributed by atoms with Crippen LogP contribution in [0.2, 0.25) is 5.02 Å². The molecule has 28 heavy (non-hydrogen) atoms. The molecule has 4 rings (SSSR count). The largest absolute Gasteiger partial charge is 0.443 e. The van der Waals surface area contributed by atoms with Crippen LogP contribution >= 0.6 is 11.6 Å². The molecule has 0 N–H and O–H groups in total. The Morgan fingerprint density at radius 2 is 2.04 bits per heavy atom. The number of nitrogens with zero attached hydrogens (tertiary/aromatic N) is 3. The Bertz CT molecular complexity index is 1130. The molecule has 0 bridgehead atoms. The Balaban J connectivity index is 1.81. The fourth-order valence-corrected chi connectivity index (χ4v) is 3.50. The van der Waals surface area contributed by atoms with Gasteiger partial charge in [0, 0.05) is 17.8 Å². The van der Waals surface area contributed by atoms with E-state index in [-0.39, 0.29) is 17.1 Å². The fourth-order valence-electron chi connectivity index (χ4n) is 3.24. The van der Waals surface area contributed by atoms with Gasteiger partial charge >= 0.3 is 6.09 Å². The molecular weight excluding hydrogens is 385 g/mol. The number of pyridine rings is 1. The number of carbonyl (C=O) groups excluding carboxylic acids is 2. The molecule has 2 aromatic heterocycles. The SMILES string of the molecule is CC(C)(C)OC(=O)N1Cc2c(-c3cnc4cc(F)ccn34)ccc(Cl)c2C1=O. The average Bonchev–Trinajstić information content (AvgIpc) is 3.15. The third-order valence-corrected chi connectivity index (χ3v) is 4.72. The third-order valence-electron chi connectivity index (χ3n) is 4.40. The molecule has 0 saturated heterocycles. The number of imidazole rings is 1. The van der Waals surface area contributed by atoms with E-state index < -0.39 is 23.4 Å². The number of fused-ring (bicyclic) bond motifs is 2. The molecule has 144 valence electrons. The van der Waals surface area contributed by atoms with Gasteiger partial charge in [-0.25, -0.2) is 19.1 Å². The highest BCUT2D eigenvalue weighted by molar-refractivity contribution is 6.35. The van der Waals surface area contributed by atoms with Crippen LogP contribution in [-0.4, -0.2) is 31.9 Å². The topological polar surface area (TPSA) is 63.9 Å². The lowest BCUT2D eigenvalue weighted by atomic mass is 10.0. The van der Waals surface area contributed by atoms with Gasteiger partial charge in [-0.05, 0) is 38.5 Å². The molecular formula is C20H17ClFN3O3. The zero-order chi connectivity index (χ0) is 20.2. The minimum Gasteiger partial charge on any atom is -0.443 e. The van der Waals surface area contributed by atoms with Crippen LogP contribution in [-0.2, 0) is 11.3 Å². The van der Waals surface area contributed by atoms with Gasteiger partial charge in [0.2, 0.25) is 0 Å². The van der Waals surface area contributed by atoms with Gasteiger partial charge in [-0.3, -0.25) is 9.20 Å². The van der Waals surface area contributed by atoms with Crippen molar-refractivity contribution in [3.63, 3.8) is 0 Å². The number of imide groups is 1. The molecule has 0 unspecified atom stereocenters. The summed E-state index contributed by atoms with van der Waals surface area (Å²) >= 11 is 6.27. The highest BCUT2D eigenvalue weighted by atomic mass is 35.5. The summed E-state index contributed by atoms with van der Waals surface area (Å²) in [6, 6.07) is 6.01. The summed E-state index contributed by atoms with van der Waals surface area (Å²) in [5, 5.41) is 0.259. The Morgan fingerprint density at radius 1 is 1.29 bits per heavy atom. The summed E-state index contributed by atoms with van der Waals surface area (Å²) in [5.74, 6) is -0.895. The second-order valence-corrected chi connectivity index (χ2v) is 7.94. The number of rotatable bonds is 1.